The molecule has 2 aromatic heterocycles. The van der Waals surface area contributed by atoms with Gasteiger partial charge in [0.2, 0.25) is 5.76 Å². The van der Waals surface area contributed by atoms with E-state index in [0.717, 1.165) is 10.4 Å². The molecule has 3 aromatic carbocycles. The number of rotatable bonds is 6. The quantitative estimate of drug-likeness (QED) is 0.293. The van der Waals surface area contributed by atoms with Crippen molar-refractivity contribution < 1.29 is 23.4 Å². The normalized spacial score (nSPS) is 14.8. The number of methoxy groups -OCH3 is 2. The molecular weight excluding hydrogens is 492 g/mol. The topological polar surface area (TPSA) is 91.1 Å². The van der Waals surface area contributed by atoms with Crippen molar-refractivity contribution in [3.05, 3.63) is 87.8 Å². The van der Waals surface area contributed by atoms with Gasteiger partial charge in [-0.15, -0.1) is 0 Å². The van der Waals surface area contributed by atoms with E-state index in [1.165, 1.54) is 23.3 Å². The van der Waals surface area contributed by atoms with Crippen LogP contribution in [0.1, 0.15) is 34.6 Å². The molecule has 1 unspecified atom stereocenters. The summed E-state index contributed by atoms with van der Waals surface area (Å²) in [7, 11) is 3.07. The molecule has 0 saturated carbocycles. The van der Waals surface area contributed by atoms with Crippen LogP contribution in [0.15, 0.2) is 69.9 Å². The Bertz CT molecular complexity index is 1740. The van der Waals surface area contributed by atoms with E-state index in [9.17, 15) is 9.59 Å². The molecule has 5 aromatic rings. The minimum atomic E-state index is -0.833. The molecule has 0 N–H and O–H groups in total. The summed E-state index contributed by atoms with van der Waals surface area (Å²) < 4.78 is 23.8. The number of nitrogens with zero attached hydrogens (tertiary/aromatic N) is 2. The minimum absolute atomic E-state index is 0.00663. The Labute approximate surface area is 215 Å². The first-order valence-electron chi connectivity index (χ1n) is 11.7. The van der Waals surface area contributed by atoms with Gasteiger partial charge in [-0.1, -0.05) is 35.6 Å². The third kappa shape index (κ3) is 3.54. The summed E-state index contributed by atoms with van der Waals surface area (Å²) in [5.41, 5.74) is 1.62. The van der Waals surface area contributed by atoms with Crippen LogP contribution in [0.3, 0.4) is 0 Å². The molecule has 1 aliphatic heterocycles. The van der Waals surface area contributed by atoms with Crippen LogP contribution in [0.2, 0.25) is 0 Å². The van der Waals surface area contributed by atoms with Crippen molar-refractivity contribution in [1.29, 1.82) is 0 Å². The molecule has 8 nitrogen and oxygen atoms in total. The lowest BCUT2D eigenvalue weighted by atomic mass is 9.97. The van der Waals surface area contributed by atoms with Crippen LogP contribution in [-0.2, 0) is 0 Å². The first-order chi connectivity index (χ1) is 18.0. The molecule has 0 fully saturated rings. The van der Waals surface area contributed by atoms with Gasteiger partial charge in [-0.05, 0) is 43.3 Å². The first kappa shape index (κ1) is 23.1. The van der Waals surface area contributed by atoms with Gasteiger partial charge in [0.1, 0.15) is 17.4 Å². The summed E-state index contributed by atoms with van der Waals surface area (Å²) in [5, 5.41) is 0.826. The zero-order valence-corrected chi connectivity index (χ0v) is 21.1. The summed E-state index contributed by atoms with van der Waals surface area (Å²) in [6.45, 7) is 2.46. The molecule has 6 rings (SSSR count). The number of para-hydroxylation sites is 2. The molecule has 0 bridgehead atoms. The molecule has 0 radical (unpaired) electrons. The molecule has 37 heavy (non-hydrogen) atoms. The number of hydrogen-bond donors (Lipinski definition) is 0. The van der Waals surface area contributed by atoms with Crippen molar-refractivity contribution >= 4 is 43.6 Å². The van der Waals surface area contributed by atoms with Crippen molar-refractivity contribution in [2.75, 3.05) is 25.7 Å². The Morgan fingerprint density at radius 3 is 2.65 bits per heavy atom. The minimum Gasteiger partial charge on any atom is -0.494 e. The van der Waals surface area contributed by atoms with Crippen molar-refractivity contribution in [3.8, 4) is 17.2 Å². The smallest absolute Gasteiger partial charge is 0.297 e. The standard InChI is InChI=1S/C28H22N2O6S/c1-4-35-15-12-13-18-21(14-15)37-28(29-18)30-23(17-9-7-11-20(33-2)25(17)34-3)22-24(31)16-8-5-6-10-19(16)36-26(22)27(30)32/h5-14,23H,4H2,1-3H3. The van der Waals surface area contributed by atoms with Gasteiger partial charge in [0.15, 0.2) is 22.1 Å². The number of benzene rings is 3. The van der Waals surface area contributed by atoms with E-state index in [2.05, 4.69) is 0 Å². The van der Waals surface area contributed by atoms with E-state index < -0.39 is 11.9 Å². The van der Waals surface area contributed by atoms with Crippen LogP contribution in [0.25, 0.3) is 21.2 Å². The van der Waals surface area contributed by atoms with Crippen LogP contribution in [-0.4, -0.2) is 31.7 Å². The number of hydrogen-bond acceptors (Lipinski definition) is 8. The fourth-order valence-corrected chi connectivity index (χ4v) is 5.81. The predicted molar refractivity (Wildman–Crippen MR) is 141 cm³/mol. The van der Waals surface area contributed by atoms with E-state index in [1.807, 2.05) is 31.2 Å². The Hall–Kier alpha value is -4.37. The Kier molecular flexibility index (Phi) is 5.57. The van der Waals surface area contributed by atoms with Crippen LogP contribution in [0.5, 0.6) is 17.2 Å². The summed E-state index contributed by atoms with van der Waals surface area (Å²) in [4.78, 5) is 34.0. The molecule has 0 spiro atoms. The predicted octanol–water partition coefficient (Wildman–Crippen LogP) is 5.57. The monoisotopic (exact) mass is 514 g/mol. The van der Waals surface area contributed by atoms with E-state index in [4.69, 9.17) is 23.6 Å². The molecule has 186 valence electrons. The third-order valence-electron chi connectivity index (χ3n) is 6.37. The highest BCUT2D eigenvalue weighted by Crippen LogP contribution is 2.47. The van der Waals surface area contributed by atoms with Gasteiger partial charge in [0.25, 0.3) is 5.91 Å². The fraction of sp³-hybridized carbons (Fsp3) is 0.179. The highest BCUT2D eigenvalue weighted by molar-refractivity contribution is 7.22. The van der Waals surface area contributed by atoms with Crippen molar-refractivity contribution in [2.45, 2.75) is 13.0 Å². The van der Waals surface area contributed by atoms with Crippen LogP contribution in [0, 0.1) is 0 Å². The fourth-order valence-electron chi connectivity index (χ4n) is 4.79. The van der Waals surface area contributed by atoms with Gasteiger partial charge in [-0.3, -0.25) is 14.5 Å². The molecule has 9 heteroatoms. The highest BCUT2D eigenvalue weighted by atomic mass is 32.1. The van der Waals surface area contributed by atoms with Crippen LogP contribution < -0.4 is 24.5 Å². The highest BCUT2D eigenvalue weighted by Gasteiger charge is 2.46. The molecule has 0 aliphatic carbocycles. The van der Waals surface area contributed by atoms with Gasteiger partial charge in [-0.25, -0.2) is 4.98 Å². The summed E-state index contributed by atoms with van der Waals surface area (Å²) in [6.07, 6.45) is 0. The Morgan fingerprint density at radius 1 is 1.03 bits per heavy atom. The first-order valence-corrected chi connectivity index (χ1v) is 12.5. The van der Waals surface area contributed by atoms with Crippen molar-refractivity contribution in [1.82, 2.24) is 4.98 Å². The lowest BCUT2D eigenvalue weighted by molar-refractivity contribution is 0.0970. The summed E-state index contributed by atoms with van der Waals surface area (Å²) >= 11 is 1.34. The van der Waals surface area contributed by atoms with Gasteiger partial charge in [0, 0.05) is 5.56 Å². The molecule has 3 heterocycles. The van der Waals surface area contributed by atoms with E-state index >= 15 is 0 Å². The number of aromatic nitrogens is 1. The summed E-state index contributed by atoms with van der Waals surface area (Å²) in [6, 6.07) is 17.0. The number of fused-ring (bicyclic) bond motifs is 3. The van der Waals surface area contributed by atoms with E-state index in [1.54, 1.807) is 43.5 Å². The molecule has 1 amide bonds. The number of anilines is 1. The number of thiazole rings is 1. The summed E-state index contributed by atoms with van der Waals surface area (Å²) in [5.74, 6) is 1.17. The maximum atomic E-state index is 13.9. The second-order valence-electron chi connectivity index (χ2n) is 8.39. The van der Waals surface area contributed by atoms with Crippen LogP contribution >= 0.6 is 11.3 Å². The zero-order chi connectivity index (χ0) is 25.7. The lowest BCUT2D eigenvalue weighted by Gasteiger charge is -2.24. The Balaban J connectivity index is 1.63. The lowest BCUT2D eigenvalue weighted by Crippen LogP contribution is -2.29. The maximum absolute atomic E-state index is 13.9. The number of ether oxygens (including phenoxy) is 3. The average Bonchev–Trinajstić information content (AvgIpc) is 3.46. The van der Waals surface area contributed by atoms with Crippen molar-refractivity contribution in [2.24, 2.45) is 0 Å². The molecule has 1 aliphatic rings. The van der Waals surface area contributed by atoms with Crippen molar-refractivity contribution in [3.63, 3.8) is 0 Å². The molecule has 0 saturated heterocycles. The second kappa shape index (κ2) is 8.94. The van der Waals surface area contributed by atoms with Gasteiger partial charge >= 0.3 is 0 Å². The van der Waals surface area contributed by atoms with Gasteiger partial charge < -0.3 is 18.6 Å². The molecular formula is C28H22N2O6S. The number of amides is 1. The second-order valence-corrected chi connectivity index (χ2v) is 9.40. The zero-order valence-electron chi connectivity index (χ0n) is 20.3. The van der Waals surface area contributed by atoms with E-state index in [-0.39, 0.29) is 16.8 Å². The SMILES string of the molecule is CCOc1ccc2nc(N3C(=O)c4oc5ccccc5c(=O)c4C3c3cccc(OC)c3OC)sc2c1. The van der Waals surface area contributed by atoms with Gasteiger partial charge in [0.05, 0.1) is 42.0 Å². The maximum Gasteiger partial charge on any atom is 0.297 e. The number of carbonyl (C=O) groups is 1. The third-order valence-corrected chi connectivity index (χ3v) is 7.39. The average molecular weight is 515 g/mol. The van der Waals surface area contributed by atoms with Gasteiger partial charge in [-0.2, -0.15) is 0 Å². The van der Waals surface area contributed by atoms with Crippen LogP contribution in [0.4, 0.5) is 5.13 Å². The largest absolute Gasteiger partial charge is 0.494 e. The molecule has 1 atom stereocenters. The van der Waals surface area contributed by atoms with E-state index in [0.29, 0.717) is 45.3 Å². The Morgan fingerprint density at radius 2 is 1.86 bits per heavy atom. The number of carbonyl (C=O) groups excluding carboxylic acids is 1.